The first-order valence-corrected chi connectivity index (χ1v) is 6.39. The fourth-order valence-corrected chi connectivity index (χ4v) is 2.00. The largest absolute Gasteiger partial charge is 0.464 e. The lowest BCUT2D eigenvalue weighted by Crippen LogP contribution is -2.06. The normalized spacial score (nSPS) is 10.2. The molecule has 0 aliphatic carbocycles. The van der Waals surface area contributed by atoms with Crippen LogP contribution < -0.4 is 10.1 Å². The van der Waals surface area contributed by atoms with Crippen molar-refractivity contribution in [2.75, 3.05) is 11.9 Å². The molecule has 7 heteroatoms. The molecule has 0 saturated carbocycles. The Kier molecular flexibility index (Phi) is 4.11. The second-order valence-electron chi connectivity index (χ2n) is 3.13. The van der Waals surface area contributed by atoms with Crippen molar-refractivity contribution in [3.8, 4) is 6.01 Å². The van der Waals surface area contributed by atoms with Gasteiger partial charge >= 0.3 is 6.01 Å². The minimum Gasteiger partial charge on any atom is -0.464 e. The van der Waals surface area contributed by atoms with Gasteiger partial charge in [0, 0.05) is 6.54 Å². The van der Waals surface area contributed by atoms with E-state index in [4.69, 9.17) is 16.3 Å². The third kappa shape index (κ3) is 3.54. The lowest BCUT2D eigenvalue weighted by molar-refractivity contribution is 0.312. The molecule has 1 N–H and O–H groups in total. The second-order valence-corrected chi connectivity index (χ2v) is 4.25. The van der Waals surface area contributed by atoms with E-state index in [1.165, 1.54) is 5.56 Å². The molecule has 0 amide bonds. The van der Waals surface area contributed by atoms with E-state index in [9.17, 15) is 0 Å². The Morgan fingerprint density at radius 2 is 2.29 bits per heavy atom. The summed E-state index contributed by atoms with van der Waals surface area (Å²) in [5.41, 5.74) is 1.17. The minimum atomic E-state index is 0.122. The summed E-state index contributed by atoms with van der Waals surface area (Å²) in [6.45, 7) is 3.00. The van der Waals surface area contributed by atoms with Gasteiger partial charge in [-0.2, -0.15) is 26.3 Å². The van der Waals surface area contributed by atoms with E-state index in [1.807, 2.05) is 18.4 Å². The van der Waals surface area contributed by atoms with Crippen LogP contribution in [0.2, 0.25) is 5.28 Å². The maximum atomic E-state index is 5.77. The summed E-state index contributed by atoms with van der Waals surface area (Å²) in [5, 5.41) is 7.26. The van der Waals surface area contributed by atoms with Crippen LogP contribution >= 0.6 is 22.9 Å². The van der Waals surface area contributed by atoms with Gasteiger partial charge in [-0.05, 0) is 40.9 Å². The number of halogens is 1. The molecule has 0 radical (unpaired) electrons. The maximum absolute atomic E-state index is 5.77. The summed E-state index contributed by atoms with van der Waals surface area (Å²) in [4.78, 5) is 11.9. The summed E-state index contributed by atoms with van der Waals surface area (Å²) in [5.74, 6) is 0.416. The number of nitrogens with one attached hydrogen (secondary N) is 1. The number of hydrogen-bond acceptors (Lipinski definition) is 6. The number of anilines is 1. The molecule has 2 rings (SSSR count). The number of hydrogen-bond donors (Lipinski definition) is 1. The fourth-order valence-electron chi connectivity index (χ4n) is 1.18. The summed E-state index contributed by atoms with van der Waals surface area (Å²) in [6, 6.07) is 2.27. The van der Waals surface area contributed by atoms with E-state index in [0.717, 1.165) is 0 Å². The summed E-state index contributed by atoms with van der Waals surface area (Å²) < 4.78 is 5.18. The van der Waals surface area contributed by atoms with E-state index >= 15 is 0 Å². The van der Waals surface area contributed by atoms with Crippen molar-refractivity contribution in [3.63, 3.8) is 0 Å². The lowest BCUT2D eigenvalue weighted by atomic mass is 10.3. The average Bonchev–Trinajstić information content (AvgIpc) is 2.79. The van der Waals surface area contributed by atoms with Crippen molar-refractivity contribution >= 4 is 28.9 Å². The molecule has 90 valence electrons. The van der Waals surface area contributed by atoms with Gasteiger partial charge in [-0.25, -0.2) is 0 Å². The zero-order valence-corrected chi connectivity index (χ0v) is 10.8. The molecule has 0 aliphatic heterocycles. The summed E-state index contributed by atoms with van der Waals surface area (Å²) >= 11 is 7.41. The molecule has 2 heterocycles. The maximum Gasteiger partial charge on any atom is 0.322 e. The molecule has 17 heavy (non-hydrogen) atoms. The number of thiophene rings is 1. The topological polar surface area (TPSA) is 59.9 Å². The van der Waals surface area contributed by atoms with E-state index in [2.05, 4.69) is 25.6 Å². The molecule has 5 nitrogen and oxygen atoms in total. The molecule has 0 aliphatic rings. The van der Waals surface area contributed by atoms with Crippen molar-refractivity contribution in [1.29, 1.82) is 0 Å². The smallest absolute Gasteiger partial charge is 0.322 e. The molecule has 0 fully saturated rings. The first kappa shape index (κ1) is 12.1. The summed E-state index contributed by atoms with van der Waals surface area (Å²) in [7, 11) is 0. The van der Waals surface area contributed by atoms with Gasteiger partial charge in [0.05, 0.1) is 6.61 Å². The highest BCUT2D eigenvalue weighted by atomic mass is 35.5. The first-order chi connectivity index (χ1) is 8.28. The Morgan fingerprint density at radius 3 is 3.00 bits per heavy atom. The van der Waals surface area contributed by atoms with Crippen molar-refractivity contribution in [2.24, 2.45) is 0 Å². The molecule has 2 aromatic heterocycles. The van der Waals surface area contributed by atoms with Crippen LogP contribution in [0.15, 0.2) is 16.8 Å². The molecule has 2 aromatic rings. The Labute approximate surface area is 108 Å². The summed E-state index contributed by atoms with van der Waals surface area (Å²) in [6.07, 6.45) is 0. The van der Waals surface area contributed by atoms with Crippen molar-refractivity contribution in [1.82, 2.24) is 15.0 Å². The van der Waals surface area contributed by atoms with Gasteiger partial charge in [0.25, 0.3) is 0 Å². The van der Waals surface area contributed by atoms with Gasteiger partial charge < -0.3 is 10.1 Å². The SMILES string of the molecule is CCOc1nc(Cl)nc(NCc2ccsc2)n1. The van der Waals surface area contributed by atoms with Crippen LogP contribution in [0.3, 0.4) is 0 Å². The highest BCUT2D eigenvalue weighted by molar-refractivity contribution is 7.07. The van der Waals surface area contributed by atoms with Crippen LogP contribution in [0.5, 0.6) is 6.01 Å². The van der Waals surface area contributed by atoms with Crippen LogP contribution in [0.4, 0.5) is 5.95 Å². The zero-order valence-electron chi connectivity index (χ0n) is 9.18. The van der Waals surface area contributed by atoms with Crippen LogP contribution in [0, 0.1) is 0 Å². The third-order valence-electron chi connectivity index (χ3n) is 1.89. The monoisotopic (exact) mass is 270 g/mol. The first-order valence-electron chi connectivity index (χ1n) is 5.07. The number of nitrogens with zero attached hydrogens (tertiary/aromatic N) is 3. The average molecular weight is 271 g/mol. The standard InChI is InChI=1S/C10H11ClN4OS/c1-2-16-10-14-8(11)13-9(15-10)12-5-7-3-4-17-6-7/h3-4,6H,2,5H2,1H3,(H,12,13,14,15). The minimum absolute atomic E-state index is 0.122. The molecular weight excluding hydrogens is 260 g/mol. The molecule has 0 spiro atoms. The lowest BCUT2D eigenvalue weighted by Gasteiger charge is -2.05. The van der Waals surface area contributed by atoms with Gasteiger partial charge in [-0.1, -0.05) is 0 Å². The molecular formula is C10H11ClN4OS. The predicted molar refractivity (Wildman–Crippen MR) is 67.7 cm³/mol. The van der Waals surface area contributed by atoms with Crippen molar-refractivity contribution in [2.45, 2.75) is 13.5 Å². The van der Waals surface area contributed by atoms with Crippen LogP contribution in [0.1, 0.15) is 12.5 Å². The number of ether oxygens (including phenoxy) is 1. The zero-order chi connectivity index (χ0) is 12.1. The van der Waals surface area contributed by atoms with Gasteiger partial charge in [0.2, 0.25) is 11.2 Å². The van der Waals surface area contributed by atoms with Crippen LogP contribution in [0.25, 0.3) is 0 Å². The predicted octanol–water partition coefficient (Wildman–Crippen LogP) is 2.60. The van der Waals surface area contributed by atoms with E-state index < -0.39 is 0 Å². The third-order valence-corrected chi connectivity index (χ3v) is 2.79. The highest BCUT2D eigenvalue weighted by Crippen LogP contribution is 2.13. The highest BCUT2D eigenvalue weighted by Gasteiger charge is 2.05. The number of rotatable bonds is 5. The Morgan fingerprint density at radius 1 is 1.41 bits per heavy atom. The quantitative estimate of drug-likeness (QED) is 0.905. The van der Waals surface area contributed by atoms with E-state index in [-0.39, 0.29) is 11.3 Å². The van der Waals surface area contributed by atoms with E-state index in [1.54, 1.807) is 11.3 Å². The molecule has 0 bridgehead atoms. The molecule has 0 saturated heterocycles. The molecule has 0 unspecified atom stereocenters. The Hall–Kier alpha value is -1.40. The Balaban J connectivity index is 2.04. The molecule has 0 aromatic carbocycles. The fraction of sp³-hybridized carbons (Fsp3) is 0.300. The van der Waals surface area contributed by atoms with Gasteiger partial charge in [0.15, 0.2) is 0 Å². The second kappa shape index (κ2) is 5.79. The number of aromatic nitrogens is 3. The van der Waals surface area contributed by atoms with Crippen LogP contribution in [-0.2, 0) is 6.54 Å². The van der Waals surface area contributed by atoms with Gasteiger partial charge in [0.1, 0.15) is 0 Å². The van der Waals surface area contributed by atoms with Crippen LogP contribution in [-0.4, -0.2) is 21.6 Å². The Bertz CT molecular complexity index is 477. The van der Waals surface area contributed by atoms with Gasteiger partial charge in [-0.15, -0.1) is 0 Å². The van der Waals surface area contributed by atoms with Gasteiger partial charge in [-0.3, -0.25) is 0 Å². The van der Waals surface area contributed by atoms with Crippen molar-refractivity contribution < 1.29 is 4.74 Å². The van der Waals surface area contributed by atoms with Crippen molar-refractivity contribution in [3.05, 3.63) is 27.7 Å². The van der Waals surface area contributed by atoms with E-state index in [0.29, 0.717) is 19.1 Å². The molecule has 0 atom stereocenters.